The normalized spacial score (nSPS) is 18.7. The number of rotatable bonds is 8. The highest BCUT2D eigenvalue weighted by atomic mass is 35.5. The molecule has 0 aliphatic heterocycles. The van der Waals surface area contributed by atoms with Crippen LogP contribution in [0.3, 0.4) is 0 Å². The smallest absolute Gasteiger partial charge is 0.314 e. The number of carbonyl (C=O) groups is 2. The molecule has 1 aromatic carbocycles. The van der Waals surface area contributed by atoms with Crippen molar-refractivity contribution in [3.8, 4) is 11.5 Å². The number of esters is 1. The van der Waals surface area contributed by atoms with Crippen molar-refractivity contribution in [3.05, 3.63) is 57.3 Å². The zero-order chi connectivity index (χ0) is 21.7. The maximum atomic E-state index is 12.9. The number of allylic oxidation sites excluding steroid dienone is 1. The van der Waals surface area contributed by atoms with Gasteiger partial charge < -0.3 is 19.5 Å². The first-order valence-electron chi connectivity index (χ1n) is 9.59. The second-order valence-electron chi connectivity index (χ2n) is 6.80. The molecule has 1 heterocycles. The van der Waals surface area contributed by atoms with Gasteiger partial charge in [-0.3, -0.25) is 9.59 Å². The number of amides is 1. The molecule has 0 saturated carbocycles. The highest BCUT2D eigenvalue weighted by Gasteiger charge is 2.36. The summed E-state index contributed by atoms with van der Waals surface area (Å²) in [6.45, 7) is 2.05. The summed E-state index contributed by atoms with van der Waals surface area (Å²) < 4.78 is 16.2. The van der Waals surface area contributed by atoms with Crippen LogP contribution in [0.15, 0.2) is 41.8 Å². The van der Waals surface area contributed by atoms with Gasteiger partial charge in [-0.05, 0) is 48.9 Å². The Balaban J connectivity index is 1.83. The molecule has 0 bridgehead atoms. The minimum atomic E-state index is -0.585. The second-order valence-corrected chi connectivity index (χ2v) is 8.12. The van der Waals surface area contributed by atoms with E-state index in [1.165, 1.54) is 11.3 Å². The van der Waals surface area contributed by atoms with E-state index in [4.69, 9.17) is 25.8 Å². The number of carbonyl (C=O) groups excluding carboxylic acids is 2. The Hall–Kier alpha value is -2.51. The van der Waals surface area contributed by atoms with E-state index >= 15 is 0 Å². The maximum Gasteiger partial charge on any atom is 0.314 e. The Kier molecular flexibility index (Phi) is 7.39. The van der Waals surface area contributed by atoms with E-state index in [2.05, 4.69) is 5.32 Å². The summed E-state index contributed by atoms with van der Waals surface area (Å²) in [7, 11) is 3.13. The Bertz CT molecular complexity index is 941. The molecule has 1 aromatic heterocycles. The van der Waals surface area contributed by atoms with Gasteiger partial charge in [0.25, 0.3) is 5.91 Å². The first-order valence-corrected chi connectivity index (χ1v) is 10.8. The predicted molar refractivity (Wildman–Crippen MR) is 117 cm³/mol. The van der Waals surface area contributed by atoms with Crippen molar-refractivity contribution < 1.29 is 23.8 Å². The molecule has 2 aromatic rings. The van der Waals surface area contributed by atoms with Gasteiger partial charge in [0.15, 0.2) is 0 Å². The number of ether oxygens (including phenoxy) is 3. The summed E-state index contributed by atoms with van der Waals surface area (Å²) in [5, 5.41) is 5.18. The maximum absolute atomic E-state index is 12.9. The van der Waals surface area contributed by atoms with Gasteiger partial charge in [0.2, 0.25) is 0 Å². The molecule has 3 rings (SSSR count). The first kappa shape index (κ1) is 22.2. The van der Waals surface area contributed by atoms with Crippen LogP contribution in [-0.4, -0.2) is 38.7 Å². The third-order valence-electron chi connectivity index (χ3n) is 5.00. The standard InChI is InChI=1S/C22H24ClNO5S/c1-4-29-22(26)19(16-12-15(27-2)7-8-18(16)28-3)13-5-6-14(11-13)24-21(25)20-17(23)9-10-30-20/h5-10,12-14,19H,4,11H2,1-3H3,(H,24,25). The summed E-state index contributed by atoms with van der Waals surface area (Å²) in [4.78, 5) is 25.9. The molecule has 6 nitrogen and oxygen atoms in total. The quantitative estimate of drug-likeness (QED) is 0.476. The topological polar surface area (TPSA) is 73.9 Å². The minimum Gasteiger partial charge on any atom is -0.497 e. The van der Waals surface area contributed by atoms with Crippen LogP contribution >= 0.6 is 22.9 Å². The van der Waals surface area contributed by atoms with Crippen LogP contribution in [0.2, 0.25) is 5.02 Å². The molecular weight excluding hydrogens is 426 g/mol. The van der Waals surface area contributed by atoms with Gasteiger partial charge in [0.05, 0.1) is 31.8 Å². The number of methoxy groups -OCH3 is 2. The van der Waals surface area contributed by atoms with E-state index in [-0.39, 0.29) is 30.4 Å². The summed E-state index contributed by atoms with van der Waals surface area (Å²) in [5.74, 6) is -0.115. The fourth-order valence-electron chi connectivity index (χ4n) is 3.62. The van der Waals surface area contributed by atoms with Gasteiger partial charge >= 0.3 is 5.97 Å². The highest BCUT2D eigenvalue weighted by molar-refractivity contribution is 7.12. The van der Waals surface area contributed by atoms with Crippen LogP contribution in [-0.2, 0) is 9.53 Å². The molecule has 30 heavy (non-hydrogen) atoms. The molecule has 1 aliphatic rings. The van der Waals surface area contributed by atoms with Crippen molar-refractivity contribution in [2.24, 2.45) is 5.92 Å². The molecule has 3 unspecified atom stereocenters. The van der Waals surface area contributed by atoms with Gasteiger partial charge in [-0.1, -0.05) is 23.8 Å². The largest absolute Gasteiger partial charge is 0.497 e. The van der Waals surface area contributed by atoms with Crippen molar-refractivity contribution >= 4 is 34.8 Å². The zero-order valence-corrected chi connectivity index (χ0v) is 18.6. The van der Waals surface area contributed by atoms with Crippen LogP contribution in [0.5, 0.6) is 11.5 Å². The molecule has 1 N–H and O–H groups in total. The van der Waals surface area contributed by atoms with Gasteiger partial charge in [0, 0.05) is 11.6 Å². The number of thiophene rings is 1. The van der Waals surface area contributed by atoms with E-state index in [0.29, 0.717) is 33.4 Å². The van der Waals surface area contributed by atoms with Crippen LogP contribution in [0.25, 0.3) is 0 Å². The summed E-state index contributed by atoms with van der Waals surface area (Å²) >= 11 is 7.36. The lowest BCUT2D eigenvalue weighted by molar-refractivity contribution is -0.146. The van der Waals surface area contributed by atoms with Crippen molar-refractivity contribution in [2.75, 3.05) is 20.8 Å². The van der Waals surface area contributed by atoms with Crippen molar-refractivity contribution in [2.45, 2.75) is 25.3 Å². The van der Waals surface area contributed by atoms with E-state index in [0.717, 1.165) is 0 Å². The van der Waals surface area contributed by atoms with E-state index in [9.17, 15) is 9.59 Å². The zero-order valence-electron chi connectivity index (χ0n) is 17.0. The predicted octanol–water partition coefficient (Wildman–Crippen LogP) is 4.44. The second kappa shape index (κ2) is 10.00. The summed E-state index contributed by atoms with van der Waals surface area (Å²) in [6, 6.07) is 6.83. The number of nitrogens with one attached hydrogen (secondary N) is 1. The summed E-state index contributed by atoms with van der Waals surface area (Å²) in [5.41, 5.74) is 0.693. The third-order valence-corrected chi connectivity index (χ3v) is 6.34. The molecule has 0 radical (unpaired) electrons. The van der Waals surface area contributed by atoms with Gasteiger partial charge in [0.1, 0.15) is 16.4 Å². The Morgan fingerprint density at radius 1 is 1.23 bits per heavy atom. The monoisotopic (exact) mass is 449 g/mol. The molecule has 3 atom stereocenters. The molecule has 8 heteroatoms. The van der Waals surface area contributed by atoms with Crippen molar-refractivity contribution in [1.82, 2.24) is 5.32 Å². The Morgan fingerprint density at radius 2 is 2.03 bits per heavy atom. The van der Waals surface area contributed by atoms with Gasteiger partial charge in [-0.25, -0.2) is 0 Å². The lowest BCUT2D eigenvalue weighted by Gasteiger charge is -2.24. The van der Waals surface area contributed by atoms with Crippen LogP contribution in [0, 0.1) is 5.92 Å². The average molecular weight is 450 g/mol. The van der Waals surface area contributed by atoms with Crippen LogP contribution in [0.1, 0.15) is 34.5 Å². The van der Waals surface area contributed by atoms with Crippen molar-refractivity contribution in [1.29, 1.82) is 0 Å². The SMILES string of the molecule is CCOC(=O)C(c1cc(OC)ccc1OC)C1C=CC(NC(=O)c2sccc2Cl)C1. The molecule has 1 aliphatic carbocycles. The first-order chi connectivity index (χ1) is 14.5. The molecule has 0 fully saturated rings. The minimum absolute atomic E-state index is 0.172. The van der Waals surface area contributed by atoms with E-state index in [1.807, 2.05) is 12.2 Å². The molecule has 0 spiro atoms. The fraction of sp³-hybridized carbons (Fsp3) is 0.364. The van der Waals surface area contributed by atoms with Crippen LogP contribution < -0.4 is 14.8 Å². The lowest BCUT2D eigenvalue weighted by atomic mass is 9.84. The molecule has 1 amide bonds. The molecular formula is C22H24ClNO5S. The number of halogens is 1. The third kappa shape index (κ3) is 4.79. The number of hydrogen-bond donors (Lipinski definition) is 1. The fourth-order valence-corrected chi connectivity index (χ4v) is 4.66. The summed E-state index contributed by atoms with van der Waals surface area (Å²) in [6.07, 6.45) is 4.41. The Labute approximate surface area is 184 Å². The lowest BCUT2D eigenvalue weighted by Crippen LogP contribution is -2.33. The number of benzene rings is 1. The van der Waals surface area contributed by atoms with Crippen LogP contribution in [0.4, 0.5) is 0 Å². The molecule has 0 saturated heterocycles. The number of hydrogen-bond acceptors (Lipinski definition) is 6. The van der Waals surface area contributed by atoms with E-state index in [1.54, 1.807) is 50.8 Å². The Morgan fingerprint density at radius 3 is 2.67 bits per heavy atom. The van der Waals surface area contributed by atoms with Gasteiger partial charge in [-0.2, -0.15) is 0 Å². The highest BCUT2D eigenvalue weighted by Crippen LogP contribution is 2.40. The van der Waals surface area contributed by atoms with E-state index < -0.39 is 5.92 Å². The van der Waals surface area contributed by atoms with Crippen molar-refractivity contribution in [3.63, 3.8) is 0 Å². The van der Waals surface area contributed by atoms with Gasteiger partial charge in [-0.15, -0.1) is 11.3 Å². The molecule has 160 valence electrons. The average Bonchev–Trinajstić information content (AvgIpc) is 3.37.